The van der Waals surface area contributed by atoms with Crippen LogP contribution in [0.1, 0.15) is 0 Å². The van der Waals surface area contributed by atoms with Gasteiger partial charge in [0.25, 0.3) is 0 Å². The van der Waals surface area contributed by atoms with E-state index in [0.29, 0.717) is 22.3 Å². The Morgan fingerprint density at radius 3 is 2.85 bits per heavy atom. The van der Waals surface area contributed by atoms with Crippen molar-refractivity contribution in [2.45, 2.75) is 0 Å². The van der Waals surface area contributed by atoms with Crippen LogP contribution in [0.2, 0.25) is 0 Å². The molecule has 1 amide bonds. The molecule has 1 heterocycles. The quantitative estimate of drug-likeness (QED) is 0.854. The molecule has 2 rings (SSSR count). The summed E-state index contributed by atoms with van der Waals surface area (Å²) in [6.07, 6.45) is 1.68. The van der Waals surface area contributed by atoms with E-state index in [-0.39, 0.29) is 12.5 Å². The van der Waals surface area contributed by atoms with Gasteiger partial charge in [-0.1, -0.05) is 0 Å². The van der Waals surface area contributed by atoms with Crippen LogP contribution in [0.15, 0.2) is 29.8 Å². The van der Waals surface area contributed by atoms with Gasteiger partial charge in [-0.3, -0.25) is 4.79 Å². The zero-order valence-corrected chi connectivity index (χ0v) is 12.0. The van der Waals surface area contributed by atoms with E-state index in [2.05, 4.69) is 15.6 Å². The van der Waals surface area contributed by atoms with E-state index in [4.69, 9.17) is 9.47 Å². The van der Waals surface area contributed by atoms with Crippen molar-refractivity contribution in [2.75, 3.05) is 31.4 Å². The van der Waals surface area contributed by atoms with Gasteiger partial charge in [-0.25, -0.2) is 4.98 Å². The average Bonchev–Trinajstić information content (AvgIpc) is 2.98. The van der Waals surface area contributed by atoms with Gasteiger partial charge in [-0.2, -0.15) is 0 Å². The van der Waals surface area contributed by atoms with Crippen molar-refractivity contribution < 1.29 is 14.3 Å². The summed E-state index contributed by atoms with van der Waals surface area (Å²) in [5.74, 6) is 1.04. The summed E-state index contributed by atoms with van der Waals surface area (Å²) in [5.41, 5.74) is 0.567. The minimum Gasteiger partial charge on any atom is -0.497 e. The fraction of sp³-hybridized carbons (Fsp3) is 0.231. The van der Waals surface area contributed by atoms with E-state index in [9.17, 15) is 4.79 Å². The van der Waals surface area contributed by atoms with Crippen LogP contribution in [0.25, 0.3) is 0 Å². The molecule has 0 aliphatic heterocycles. The maximum atomic E-state index is 11.9. The molecule has 0 fully saturated rings. The molecule has 6 nitrogen and oxygen atoms in total. The fourth-order valence-electron chi connectivity index (χ4n) is 1.57. The summed E-state index contributed by atoms with van der Waals surface area (Å²) in [6, 6.07) is 5.21. The lowest BCUT2D eigenvalue weighted by Gasteiger charge is -2.11. The molecule has 0 aliphatic carbocycles. The number of nitrogens with zero attached hydrogens (tertiary/aromatic N) is 1. The number of anilines is 2. The first-order chi connectivity index (χ1) is 9.72. The fourth-order valence-corrected chi connectivity index (χ4v) is 2.10. The largest absolute Gasteiger partial charge is 0.497 e. The van der Waals surface area contributed by atoms with Gasteiger partial charge in [0.2, 0.25) is 5.91 Å². The molecule has 20 heavy (non-hydrogen) atoms. The molecule has 0 radical (unpaired) electrons. The highest BCUT2D eigenvalue weighted by atomic mass is 32.1. The Morgan fingerprint density at radius 1 is 1.35 bits per heavy atom. The average molecular weight is 293 g/mol. The summed E-state index contributed by atoms with van der Waals surface area (Å²) in [7, 11) is 3.11. The van der Waals surface area contributed by atoms with Crippen LogP contribution in [0, 0.1) is 0 Å². The number of benzene rings is 1. The summed E-state index contributed by atoms with van der Waals surface area (Å²) < 4.78 is 10.3. The molecule has 0 atom stereocenters. The SMILES string of the molecule is COc1ccc(OC)c(NC(=O)CNc2nccs2)c1. The highest BCUT2D eigenvalue weighted by molar-refractivity contribution is 7.13. The van der Waals surface area contributed by atoms with E-state index in [0.717, 1.165) is 0 Å². The zero-order valence-electron chi connectivity index (χ0n) is 11.2. The van der Waals surface area contributed by atoms with E-state index in [1.54, 1.807) is 38.6 Å². The van der Waals surface area contributed by atoms with Gasteiger partial charge in [0.1, 0.15) is 11.5 Å². The Kier molecular flexibility index (Phi) is 4.78. The maximum Gasteiger partial charge on any atom is 0.243 e. The van der Waals surface area contributed by atoms with Crippen LogP contribution in [0.5, 0.6) is 11.5 Å². The van der Waals surface area contributed by atoms with Crippen LogP contribution in [-0.2, 0) is 4.79 Å². The maximum absolute atomic E-state index is 11.9. The molecule has 0 unspecified atom stereocenters. The third-order valence-corrected chi connectivity index (χ3v) is 3.24. The van der Waals surface area contributed by atoms with Gasteiger partial charge >= 0.3 is 0 Å². The predicted octanol–water partition coefficient (Wildman–Crippen LogP) is 2.21. The molecular formula is C13H15N3O3S. The second-order valence-corrected chi connectivity index (χ2v) is 4.70. The second-order valence-electron chi connectivity index (χ2n) is 3.81. The minimum atomic E-state index is -0.188. The zero-order chi connectivity index (χ0) is 14.4. The lowest BCUT2D eigenvalue weighted by atomic mass is 10.2. The number of hydrogen-bond donors (Lipinski definition) is 2. The monoisotopic (exact) mass is 293 g/mol. The molecule has 2 aromatic rings. The van der Waals surface area contributed by atoms with Crippen LogP contribution < -0.4 is 20.1 Å². The first-order valence-electron chi connectivity index (χ1n) is 5.88. The summed E-state index contributed by atoms with van der Waals surface area (Å²) >= 11 is 1.44. The smallest absolute Gasteiger partial charge is 0.243 e. The minimum absolute atomic E-state index is 0.133. The van der Waals surface area contributed by atoms with E-state index >= 15 is 0 Å². The lowest BCUT2D eigenvalue weighted by molar-refractivity contribution is -0.114. The normalized spacial score (nSPS) is 9.90. The Hall–Kier alpha value is -2.28. The number of ether oxygens (including phenoxy) is 2. The molecule has 0 bridgehead atoms. The Labute approximate surface area is 120 Å². The molecule has 0 saturated carbocycles. The number of methoxy groups -OCH3 is 2. The van der Waals surface area contributed by atoms with Gasteiger partial charge in [0, 0.05) is 17.6 Å². The molecule has 1 aromatic carbocycles. The van der Waals surface area contributed by atoms with Gasteiger partial charge in [0.15, 0.2) is 5.13 Å². The number of nitrogens with one attached hydrogen (secondary N) is 2. The van der Waals surface area contributed by atoms with Crippen LogP contribution in [0.3, 0.4) is 0 Å². The van der Waals surface area contributed by atoms with Gasteiger partial charge in [-0.15, -0.1) is 11.3 Å². The number of amides is 1. The number of hydrogen-bond acceptors (Lipinski definition) is 6. The van der Waals surface area contributed by atoms with Crippen LogP contribution in [-0.4, -0.2) is 31.7 Å². The molecule has 106 valence electrons. The number of rotatable bonds is 6. The Morgan fingerprint density at radius 2 is 2.20 bits per heavy atom. The molecule has 1 aromatic heterocycles. The van der Waals surface area contributed by atoms with Gasteiger partial charge < -0.3 is 20.1 Å². The third-order valence-electron chi connectivity index (χ3n) is 2.51. The van der Waals surface area contributed by atoms with Crippen molar-refractivity contribution in [1.29, 1.82) is 0 Å². The second kappa shape index (κ2) is 6.76. The highest BCUT2D eigenvalue weighted by Crippen LogP contribution is 2.28. The number of thiazole rings is 1. The highest BCUT2D eigenvalue weighted by Gasteiger charge is 2.09. The Balaban J connectivity index is 1.99. The van der Waals surface area contributed by atoms with Crippen molar-refractivity contribution in [1.82, 2.24) is 4.98 Å². The summed E-state index contributed by atoms with van der Waals surface area (Å²) in [6.45, 7) is 0.133. The molecule has 0 saturated heterocycles. The first-order valence-corrected chi connectivity index (χ1v) is 6.76. The number of carbonyl (C=O) groups is 1. The predicted molar refractivity (Wildman–Crippen MR) is 78.8 cm³/mol. The van der Waals surface area contributed by atoms with Crippen molar-refractivity contribution >= 4 is 28.1 Å². The first kappa shape index (κ1) is 14.1. The lowest BCUT2D eigenvalue weighted by Crippen LogP contribution is -2.22. The van der Waals surface area contributed by atoms with Crippen molar-refractivity contribution in [3.63, 3.8) is 0 Å². The molecule has 2 N–H and O–H groups in total. The standard InChI is InChI=1S/C13H15N3O3S/c1-18-9-3-4-11(19-2)10(7-9)16-12(17)8-15-13-14-5-6-20-13/h3-7H,8H2,1-2H3,(H,14,15)(H,16,17). The number of aromatic nitrogens is 1. The van der Waals surface area contributed by atoms with Crippen LogP contribution >= 0.6 is 11.3 Å². The van der Waals surface area contributed by atoms with Crippen molar-refractivity contribution in [3.8, 4) is 11.5 Å². The summed E-state index contributed by atoms with van der Waals surface area (Å²) in [5, 5.41) is 8.25. The molecule has 0 aliphatic rings. The summed E-state index contributed by atoms with van der Waals surface area (Å²) in [4.78, 5) is 15.9. The van der Waals surface area contributed by atoms with Gasteiger partial charge in [-0.05, 0) is 12.1 Å². The van der Waals surface area contributed by atoms with Gasteiger partial charge in [0.05, 0.1) is 26.5 Å². The van der Waals surface area contributed by atoms with E-state index < -0.39 is 0 Å². The third kappa shape index (κ3) is 3.61. The molecule has 0 spiro atoms. The number of carbonyl (C=O) groups excluding carboxylic acids is 1. The van der Waals surface area contributed by atoms with E-state index in [1.165, 1.54) is 11.3 Å². The molecule has 7 heteroatoms. The van der Waals surface area contributed by atoms with Crippen molar-refractivity contribution in [3.05, 3.63) is 29.8 Å². The van der Waals surface area contributed by atoms with Crippen molar-refractivity contribution in [2.24, 2.45) is 0 Å². The van der Waals surface area contributed by atoms with Crippen LogP contribution in [0.4, 0.5) is 10.8 Å². The Bertz CT molecular complexity index is 572. The topological polar surface area (TPSA) is 72.5 Å². The molecular weight excluding hydrogens is 278 g/mol. The van der Waals surface area contributed by atoms with E-state index in [1.807, 2.05) is 5.38 Å².